The lowest BCUT2D eigenvalue weighted by Gasteiger charge is -2.37. The fourth-order valence-corrected chi connectivity index (χ4v) is 6.79. The molecule has 0 spiro atoms. The van der Waals surface area contributed by atoms with Crippen molar-refractivity contribution in [2.24, 2.45) is 0 Å². The van der Waals surface area contributed by atoms with Crippen LogP contribution in [0.4, 0.5) is 15.9 Å². The maximum absolute atomic E-state index is 14.9. The van der Waals surface area contributed by atoms with Gasteiger partial charge in [0.05, 0.1) is 12.2 Å². The lowest BCUT2D eigenvalue weighted by Crippen LogP contribution is -2.52. The SMILES string of the molecule is CN1CCC[C@H]1COc1nc2c(c(N3C[C@H]4CC[C@@H](C3)N4)n1)CCN(c1cccc3cccc(F)c13)C2. The number of nitrogens with zero attached hydrogens (tertiary/aromatic N) is 5. The summed E-state index contributed by atoms with van der Waals surface area (Å²) in [5, 5.41) is 5.34. The number of nitrogens with one attached hydrogen (secondary N) is 1. The highest BCUT2D eigenvalue weighted by atomic mass is 19.1. The van der Waals surface area contributed by atoms with Crippen LogP contribution in [0.2, 0.25) is 0 Å². The minimum Gasteiger partial charge on any atom is -0.462 e. The lowest BCUT2D eigenvalue weighted by atomic mass is 10.0. The smallest absolute Gasteiger partial charge is 0.318 e. The number of hydrogen-bond donors (Lipinski definition) is 1. The molecule has 7 nitrogen and oxygen atoms in total. The number of fused-ring (bicyclic) bond motifs is 4. The van der Waals surface area contributed by atoms with Gasteiger partial charge in [-0.3, -0.25) is 0 Å². The molecule has 7 rings (SSSR count). The number of likely N-dealkylation sites (tertiary alicyclic amines) is 1. The predicted octanol–water partition coefficient (Wildman–Crippen LogP) is 3.75. The number of likely N-dealkylation sites (N-methyl/N-ethyl adjacent to an activating group) is 1. The van der Waals surface area contributed by atoms with Crippen LogP contribution in [0.25, 0.3) is 10.8 Å². The zero-order chi connectivity index (χ0) is 24.9. The maximum atomic E-state index is 14.9. The van der Waals surface area contributed by atoms with E-state index in [-0.39, 0.29) is 5.82 Å². The molecule has 3 fully saturated rings. The zero-order valence-corrected chi connectivity index (χ0v) is 21.5. The van der Waals surface area contributed by atoms with Gasteiger partial charge in [0.25, 0.3) is 0 Å². The standard InChI is InChI=1S/C29H35FN6O/c1-34-13-4-7-22(34)18-37-29-32-25-17-35(26-9-3-6-19-5-2-8-24(30)27(19)26)14-12-23(25)28(33-29)36-15-20-10-11-21(16-36)31-20/h2-3,5-6,8-9,20-22,31H,4,7,10-18H2,1H3/t20-,21+,22-/m0/s1. The Hall–Kier alpha value is -2.97. The van der Waals surface area contributed by atoms with Gasteiger partial charge in [0.1, 0.15) is 18.2 Å². The van der Waals surface area contributed by atoms with E-state index in [9.17, 15) is 4.39 Å². The first kappa shape index (κ1) is 23.2. The largest absolute Gasteiger partial charge is 0.462 e. The summed E-state index contributed by atoms with van der Waals surface area (Å²) in [6.45, 7) is 5.11. The van der Waals surface area contributed by atoms with Crippen molar-refractivity contribution >= 4 is 22.3 Å². The number of aromatic nitrogens is 2. The first-order valence-corrected chi connectivity index (χ1v) is 13.8. The maximum Gasteiger partial charge on any atom is 0.318 e. The van der Waals surface area contributed by atoms with E-state index in [0.29, 0.717) is 42.7 Å². The van der Waals surface area contributed by atoms with E-state index >= 15 is 0 Å². The molecule has 2 aromatic carbocycles. The summed E-state index contributed by atoms with van der Waals surface area (Å²) in [7, 11) is 2.16. The summed E-state index contributed by atoms with van der Waals surface area (Å²) in [5.41, 5.74) is 3.16. The third-order valence-electron chi connectivity index (χ3n) is 8.79. The van der Waals surface area contributed by atoms with Crippen molar-refractivity contribution in [3.8, 4) is 6.01 Å². The van der Waals surface area contributed by atoms with E-state index in [4.69, 9.17) is 14.7 Å². The molecule has 3 atom stereocenters. The second-order valence-corrected chi connectivity index (χ2v) is 11.2. The van der Waals surface area contributed by atoms with Crippen LogP contribution in [0.3, 0.4) is 0 Å². The van der Waals surface area contributed by atoms with E-state index in [1.807, 2.05) is 24.3 Å². The Kier molecular flexibility index (Phi) is 5.89. The fraction of sp³-hybridized carbons (Fsp3) is 0.517. The second-order valence-electron chi connectivity index (χ2n) is 11.2. The molecule has 0 radical (unpaired) electrons. The number of benzene rings is 2. The van der Waals surface area contributed by atoms with Gasteiger partial charge in [-0.2, -0.15) is 9.97 Å². The Labute approximate surface area is 217 Å². The van der Waals surface area contributed by atoms with Crippen LogP contribution in [0, 0.1) is 5.82 Å². The normalized spacial score (nSPS) is 25.6. The van der Waals surface area contributed by atoms with Gasteiger partial charge in [-0.15, -0.1) is 0 Å². The summed E-state index contributed by atoms with van der Waals surface area (Å²) in [6.07, 6.45) is 5.65. The highest BCUT2D eigenvalue weighted by Gasteiger charge is 2.35. The van der Waals surface area contributed by atoms with Crippen LogP contribution in [-0.2, 0) is 13.0 Å². The second kappa shape index (κ2) is 9.40. The minimum absolute atomic E-state index is 0.178. The molecule has 0 saturated carbocycles. The van der Waals surface area contributed by atoms with E-state index in [1.54, 1.807) is 12.1 Å². The van der Waals surface area contributed by atoms with Gasteiger partial charge in [0.15, 0.2) is 0 Å². The molecule has 0 amide bonds. The number of piperazine rings is 1. The first-order chi connectivity index (χ1) is 18.1. The zero-order valence-electron chi connectivity index (χ0n) is 21.5. The highest BCUT2D eigenvalue weighted by molar-refractivity contribution is 5.95. The first-order valence-electron chi connectivity index (χ1n) is 13.8. The molecule has 194 valence electrons. The lowest BCUT2D eigenvalue weighted by molar-refractivity contribution is 0.187. The van der Waals surface area contributed by atoms with Crippen LogP contribution in [0.15, 0.2) is 36.4 Å². The average Bonchev–Trinajstić information content (AvgIpc) is 3.49. The van der Waals surface area contributed by atoms with Gasteiger partial charge >= 0.3 is 6.01 Å². The molecule has 4 aliphatic rings. The number of ether oxygens (including phenoxy) is 1. The van der Waals surface area contributed by atoms with Gasteiger partial charge in [-0.25, -0.2) is 4.39 Å². The summed E-state index contributed by atoms with van der Waals surface area (Å²) in [5.74, 6) is 0.866. The van der Waals surface area contributed by atoms with Crippen molar-refractivity contribution in [2.75, 3.05) is 49.6 Å². The van der Waals surface area contributed by atoms with Crippen molar-refractivity contribution in [1.82, 2.24) is 20.2 Å². The van der Waals surface area contributed by atoms with E-state index in [2.05, 4.69) is 27.1 Å². The van der Waals surface area contributed by atoms with Crippen LogP contribution >= 0.6 is 0 Å². The predicted molar refractivity (Wildman–Crippen MR) is 144 cm³/mol. The Morgan fingerprint density at radius 3 is 2.59 bits per heavy atom. The van der Waals surface area contributed by atoms with E-state index < -0.39 is 0 Å². The minimum atomic E-state index is -0.178. The molecule has 8 heteroatoms. The molecule has 2 bridgehead atoms. The van der Waals surface area contributed by atoms with Crippen molar-refractivity contribution in [2.45, 2.75) is 56.8 Å². The Bertz CT molecular complexity index is 1300. The van der Waals surface area contributed by atoms with Gasteiger partial charge in [-0.05, 0) is 63.2 Å². The number of hydrogen-bond acceptors (Lipinski definition) is 7. The summed E-state index contributed by atoms with van der Waals surface area (Å²) >= 11 is 0. The van der Waals surface area contributed by atoms with Gasteiger partial charge in [-0.1, -0.05) is 24.3 Å². The highest BCUT2D eigenvalue weighted by Crippen LogP contribution is 2.36. The number of rotatable bonds is 5. The van der Waals surface area contributed by atoms with Crippen LogP contribution in [0.5, 0.6) is 6.01 Å². The van der Waals surface area contributed by atoms with Crippen molar-refractivity contribution in [3.05, 3.63) is 53.5 Å². The quantitative estimate of drug-likeness (QED) is 0.570. The van der Waals surface area contributed by atoms with Crippen molar-refractivity contribution in [3.63, 3.8) is 0 Å². The van der Waals surface area contributed by atoms with E-state index in [1.165, 1.54) is 24.8 Å². The third kappa shape index (κ3) is 4.30. The third-order valence-corrected chi connectivity index (χ3v) is 8.79. The van der Waals surface area contributed by atoms with Crippen molar-refractivity contribution in [1.29, 1.82) is 0 Å². The Morgan fingerprint density at radius 1 is 1.00 bits per heavy atom. The molecular formula is C29H35FN6O. The van der Waals surface area contributed by atoms with Crippen LogP contribution in [-0.4, -0.2) is 72.8 Å². The molecule has 0 aliphatic carbocycles. The molecule has 37 heavy (non-hydrogen) atoms. The number of halogens is 1. The van der Waals surface area contributed by atoms with Gasteiger partial charge in [0, 0.05) is 54.4 Å². The molecule has 0 unspecified atom stereocenters. The van der Waals surface area contributed by atoms with Crippen LogP contribution < -0.4 is 19.9 Å². The van der Waals surface area contributed by atoms with Crippen LogP contribution in [0.1, 0.15) is 36.9 Å². The fourth-order valence-electron chi connectivity index (χ4n) is 6.79. The summed E-state index contributed by atoms with van der Waals surface area (Å²) < 4.78 is 21.2. The summed E-state index contributed by atoms with van der Waals surface area (Å²) in [4.78, 5) is 17.1. The molecule has 5 heterocycles. The Balaban J connectivity index is 1.23. The molecule has 3 aromatic rings. The average molecular weight is 503 g/mol. The number of anilines is 2. The molecule has 1 N–H and O–H groups in total. The van der Waals surface area contributed by atoms with Gasteiger partial charge in [0.2, 0.25) is 0 Å². The molecular weight excluding hydrogens is 467 g/mol. The topological polar surface area (TPSA) is 56.8 Å². The van der Waals surface area contributed by atoms with Gasteiger partial charge < -0.3 is 24.8 Å². The van der Waals surface area contributed by atoms with E-state index in [0.717, 1.165) is 61.6 Å². The monoisotopic (exact) mass is 502 g/mol. The summed E-state index contributed by atoms with van der Waals surface area (Å²) in [6, 6.07) is 13.3. The molecule has 4 aliphatic heterocycles. The molecule has 1 aromatic heterocycles. The molecule has 3 saturated heterocycles. The Morgan fingerprint density at radius 2 is 1.81 bits per heavy atom. The van der Waals surface area contributed by atoms with Crippen molar-refractivity contribution < 1.29 is 9.13 Å².